The van der Waals surface area contributed by atoms with Gasteiger partial charge in [0.2, 0.25) is 0 Å². The van der Waals surface area contributed by atoms with Crippen molar-refractivity contribution in [2.75, 3.05) is 66.2 Å². The van der Waals surface area contributed by atoms with Gasteiger partial charge in [-0.15, -0.1) is 0 Å². The molecule has 0 saturated carbocycles. The number of benzene rings is 1. The second kappa shape index (κ2) is 12.7. The highest BCUT2D eigenvalue weighted by atomic mass is 16.5. The molecule has 146 valence electrons. The maximum absolute atomic E-state index is 5.50. The molecule has 0 aromatic heterocycles. The van der Waals surface area contributed by atoms with Crippen LogP contribution in [0.3, 0.4) is 0 Å². The van der Waals surface area contributed by atoms with Gasteiger partial charge in [-0.3, -0.25) is 9.89 Å². The zero-order chi connectivity index (χ0) is 18.5. The largest absolute Gasteiger partial charge is 0.382 e. The Hall–Kier alpha value is -1.63. The maximum Gasteiger partial charge on any atom is 0.194 e. The summed E-state index contributed by atoms with van der Waals surface area (Å²) in [4.78, 5) is 9.65. The normalized spacial score (nSPS) is 16.1. The molecular formula is C20H34N4O2. The van der Waals surface area contributed by atoms with Crippen LogP contribution in [-0.4, -0.2) is 82.0 Å². The molecule has 0 spiro atoms. The molecule has 0 radical (unpaired) electrons. The Labute approximate surface area is 158 Å². The van der Waals surface area contributed by atoms with E-state index in [-0.39, 0.29) is 0 Å². The Balaban J connectivity index is 1.71. The van der Waals surface area contributed by atoms with Crippen LogP contribution < -0.4 is 5.32 Å². The van der Waals surface area contributed by atoms with Crippen LogP contribution in [0.2, 0.25) is 0 Å². The highest BCUT2D eigenvalue weighted by Gasteiger charge is 2.19. The van der Waals surface area contributed by atoms with Gasteiger partial charge in [0, 0.05) is 59.5 Å². The Bertz CT molecular complexity index is 502. The van der Waals surface area contributed by atoms with Crippen molar-refractivity contribution in [1.82, 2.24) is 15.1 Å². The zero-order valence-corrected chi connectivity index (χ0v) is 16.3. The monoisotopic (exact) mass is 362 g/mol. The number of ether oxygens (including phenoxy) is 2. The number of piperazine rings is 1. The van der Waals surface area contributed by atoms with E-state index in [1.54, 1.807) is 7.11 Å². The summed E-state index contributed by atoms with van der Waals surface area (Å²) >= 11 is 0. The van der Waals surface area contributed by atoms with Crippen molar-refractivity contribution in [3.8, 4) is 0 Å². The molecule has 2 rings (SSSR count). The number of hydrogen-bond donors (Lipinski definition) is 1. The second-order valence-corrected chi connectivity index (χ2v) is 6.44. The van der Waals surface area contributed by atoms with Crippen molar-refractivity contribution in [2.45, 2.75) is 19.9 Å². The lowest BCUT2D eigenvalue weighted by Gasteiger charge is -2.36. The molecule has 6 heteroatoms. The van der Waals surface area contributed by atoms with Crippen molar-refractivity contribution in [3.63, 3.8) is 0 Å². The van der Waals surface area contributed by atoms with Gasteiger partial charge in [0.15, 0.2) is 5.96 Å². The third-order valence-corrected chi connectivity index (χ3v) is 4.40. The summed E-state index contributed by atoms with van der Waals surface area (Å²) in [6.45, 7) is 11.0. The minimum Gasteiger partial charge on any atom is -0.382 e. The Morgan fingerprint density at radius 2 is 1.85 bits per heavy atom. The highest BCUT2D eigenvalue weighted by molar-refractivity contribution is 5.80. The van der Waals surface area contributed by atoms with Crippen LogP contribution in [0.5, 0.6) is 0 Å². The fraction of sp³-hybridized carbons (Fsp3) is 0.650. The summed E-state index contributed by atoms with van der Waals surface area (Å²) in [5.74, 6) is 1.03. The Morgan fingerprint density at radius 3 is 2.54 bits per heavy atom. The predicted molar refractivity (Wildman–Crippen MR) is 107 cm³/mol. The van der Waals surface area contributed by atoms with Gasteiger partial charge in [0.1, 0.15) is 0 Å². The van der Waals surface area contributed by atoms with Crippen LogP contribution in [0.15, 0.2) is 35.3 Å². The third-order valence-electron chi connectivity index (χ3n) is 4.40. The first-order valence-corrected chi connectivity index (χ1v) is 9.69. The van der Waals surface area contributed by atoms with Gasteiger partial charge in [0.05, 0.1) is 13.2 Å². The molecule has 1 aromatic carbocycles. The van der Waals surface area contributed by atoms with Crippen molar-refractivity contribution in [2.24, 2.45) is 4.99 Å². The van der Waals surface area contributed by atoms with Gasteiger partial charge in [-0.25, -0.2) is 0 Å². The summed E-state index contributed by atoms with van der Waals surface area (Å²) in [5, 5.41) is 3.42. The van der Waals surface area contributed by atoms with Gasteiger partial charge in [0.25, 0.3) is 0 Å². The number of aliphatic imine (C=N–C) groups is 1. The molecule has 1 heterocycles. The van der Waals surface area contributed by atoms with E-state index in [1.165, 1.54) is 5.56 Å². The summed E-state index contributed by atoms with van der Waals surface area (Å²) in [7, 11) is 1.69. The Kier molecular flexibility index (Phi) is 10.1. The lowest BCUT2D eigenvalue weighted by atomic mass is 10.2. The molecule has 26 heavy (non-hydrogen) atoms. The molecule has 1 fully saturated rings. The van der Waals surface area contributed by atoms with Crippen molar-refractivity contribution in [1.29, 1.82) is 0 Å². The van der Waals surface area contributed by atoms with Gasteiger partial charge in [-0.05, 0) is 18.9 Å². The summed E-state index contributed by atoms with van der Waals surface area (Å²) in [5.41, 5.74) is 1.38. The molecule has 1 aliphatic rings. The molecule has 1 aromatic rings. The summed E-state index contributed by atoms with van der Waals surface area (Å²) < 4.78 is 10.5. The number of rotatable bonds is 10. The lowest BCUT2D eigenvalue weighted by molar-refractivity contribution is 0.0702. The van der Waals surface area contributed by atoms with E-state index in [9.17, 15) is 0 Å². The molecule has 1 aliphatic heterocycles. The van der Waals surface area contributed by atoms with Crippen molar-refractivity contribution < 1.29 is 9.47 Å². The standard InChI is InChI=1S/C20H34N4O2/c1-3-21-20(22-10-7-15-26-17-16-25-2)24-13-11-23(12-14-24)18-19-8-5-4-6-9-19/h4-6,8-9H,3,7,10-18H2,1-2H3,(H,21,22). The van der Waals surface area contributed by atoms with E-state index in [0.29, 0.717) is 13.2 Å². The molecule has 6 nitrogen and oxygen atoms in total. The summed E-state index contributed by atoms with van der Waals surface area (Å²) in [6, 6.07) is 10.7. The number of nitrogens with one attached hydrogen (secondary N) is 1. The van der Waals surface area contributed by atoms with Crippen LogP contribution in [0.25, 0.3) is 0 Å². The van der Waals surface area contributed by atoms with Gasteiger partial charge >= 0.3 is 0 Å². The van der Waals surface area contributed by atoms with E-state index < -0.39 is 0 Å². The quantitative estimate of drug-likeness (QED) is 0.391. The number of hydrogen-bond acceptors (Lipinski definition) is 4. The zero-order valence-electron chi connectivity index (χ0n) is 16.3. The molecule has 0 aliphatic carbocycles. The van der Waals surface area contributed by atoms with E-state index in [4.69, 9.17) is 14.5 Å². The first-order valence-electron chi connectivity index (χ1n) is 9.69. The topological polar surface area (TPSA) is 49.3 Å². The predicted octanol–water partition coefficient (Wildman–Crippen LogP) is 1.82. The first-order chi connectivity index (χ1) is 12.8. The van der Waals surface area contributed by atoms with Gasteiger partial charge < -0.3 is 19.7 Å². The average molecular weight is 363 g/mol. The Morgan fingerprint density at radius 1 is 1.08 bits per heavy atom. The average Bonchev–Trinajstić information content (AvgIpc) is 2.68. The molecule has 1 saturated heterocycles. The SMILES string of the molecule is CCNC(=NCCCOCCOC)N1CCN(Cc2ccccc2)CC1. The van der Waals surface area contributed by atoms with E-state index in [0.717, 1.165) is 64.8 Å². The highest BCUT2D eigenvalue weighted by Crippen LogP contribution is 2.08. The van der Waals surface area contributed by atoms with Crippen molar-refractivity contribution in [3.05, 3.63) is 35.9 Å². The van der Waals surface area contributed by atoms with Crippen LogP contribution in [-0.2, 0) is 16.0 Å². The van der Waals surface area contributed by atoms with Gasteiger partial charge in [-0.1, -0.05) is 30.3 Å². The minimum absolute atomic E-state index is 0.652. The summed E-state index contributed by atoms with van der Waals surface area (Å²) in [6.07, 6.45) is 0.937. The number of guanidine groups is 1. The van der Waals surface area contributed by atoms with Crippen LogP contribution >= 0.6 is 0 Å². The van der Waals surface area contributed by atoms with Crippen LogP contribution in [0.1, 0.15) is 18.9 Å². The maximum atomic E-state index is 5.50. The fourth-order valence-electron chi connectivity index (χ4n) is 2.98. The molecule has 0 atom stereocenters. The number of methoxy groups -OCH3 is 1. The second-order valence-electron chi connectivity index (χ2n) is 6.44. The van der Waals surface area contributed by atoms with E-state index in [2.05, 4.69) is 52.4 Å². The van der Waals surface area contributed by atoms with Gasteiger partial charge in [-0.2, -0.15) is 0 Å². The fourth-order valence-corrected chi connectivity index (χ4v) is 2.98. The van der Waals surface area contributed by atoms with Crippen LogP contribution in [0, 0.1) is 0 Å². The molecule has 0 bridgehead atoms. The van der Waals surface area contributed by atoms with Crippen LogP contribution in [0.4, 0.5) is 0 Å². The van der Waals surface area contributed by atoms with E-state index >= 15 is 0 Å². The van der Waals surface area contributed by atoms with Crippen molar-refractivity contribution >= 4 is 5.96 Å². The van der Waals surface area contributed by atoms with E-state index in [1.807, 2.05) is 0 Å². The lowest BCUT2D eigenvalue weighted by Crippen LogP contribution is -2.52. The third kappa shape index (κ3) is 7.72. The molecular weight excluding hydrogens is 328 g/mol. The molecule has 0 unspecified atom stereocenters. The number of nitrogens with zero attached hydrogens (tertiary/aromatic N) is 3. The first kappa shape index (κ1) is 20.7. The minimum atomic E-state index is 0.652. The molecule has 0 amide bonds. The molecule has 1 N–H and O–H groups in total. The smallest absolute Gasteiger partial charge is 0.194 e.